The van der Waals surface area contributed by atoms with Gasteiger partial charge in [0.05, 0.1) is 23.4 Å². The van der Waals surface area contributed by atoms with Crippen LogP contribution in [0.3, 0.4) is 0 Å². The number of thiazole rings is 1. The Morgan fingerprint density at radius 1 is 1.08 bits per heavy atom. The first-order valence-corrected chi connectivity index (χ1v) is 8.53. The lowest BCUT2D eigenvalue weighted by atomic mass is 10.3. The van der Waals surface area contributed by atoms with E-state index in [-0.39, 0.29) is 12.5 Å². The van der Waals surface area contributed by atoms with Crippen molar-refractivity contribution in [2.45, 2.75) is 13.5 Å². The Bertz CT molecular complexity index is 782. The molecule has 0 unspecified atom stereocenters. The normalized spacial score (nSPS) is 10.5. The molecule has 0 fully saturated rings. The van der Waals surface area contributed by atoms with Crippen LogP contribution in [0, 0.1) is 0 Å². The van der Waals surface area contributed by atoms with Gasteiger partial charge in [0, 0.05) is 0 Å². The molecule has 0 bridgehead atoms. The Morgan fingerprint density at radius 3 is 2.50 bits per heavy atom. The van der Waals surface area contributed by atoms with Crippen LogP contribution in [-0.2, 0) is 11.3 Å². The van der Waals surface area contributed by atoms with Gasteiger partial charge < -0.3 is 14.8 Å². The van der Waals surface area contributed by atoms with Crippen LogP contribution in [0.1, 0.15) is 11.9 Å². The third kappa shape index (κ3) is 4.23. The molecule has 124 valence electrons. The summed E-state index contributed by atoms with van der Waals surface area (Å²) in [5.74, 6) is 1.24. The van der Waals surface area contributed by atoms with Crippen LogP contribution in [0.5, 0.6) is 11.5 Å². The number of ether oxygens (including phenoxy) is 2. The molecule has 0 saturated heterocycles. The highest BCUT2D eigenvalue weighted by molar-refractivity contribution is 7.18. The minimum atomic E-state index is -0.178. The molecule has 0 radical (unpaired) electrons. The average Bonchev–Trinajstić information content (AvgIpc) is 3.02. The Labute approximate surface area is 144 Å². The number of aromatic nitrogens is 1. The fourth-order valence-corrected chi connectivity index (χ4v) is 3.08. The third-order valence-electron chi connectivity index (χ3n) is 3.28. The third-order valence-corrected chi connectivity index (χ3v) is 4.32. The lowest BCUT2D eigenvalue weighted by molar-refractivity contribution is -0.123. The van der Waals surface area contributed by atoms with Gasteiger partial charge in [-0.1, -0.05) is 12.1 Å². The van der Waals surface area contributed by atoms with Crippen LogP contribution < -0.4 is 14.8 Å². The van der Waals surface area contributed by atoms with E-state index in [9.17, 15) is 4.79 Å². The molecule has 5 nitrogen and oxygen atoms in total. The van der Waals surface area contributed by atoms with E-state index in [1.54, 1.807) is 23.5 Å². The maximum atomic E-state index is 11.9. The van der Waals surface area contributed by atoms with Gasteiger partial charge in [0.15, 0.2) is 6.61 Å². The van der Waals surface area contributed by atoms with Crippen molar-refractivity contribution in [3.05, 3.63) is 53.5 Å². The molecule has 0 aliphatic heterocycles. The molecule has 0 aliphatic rings. The molecule has 3 aromatic rings. The molecule has 0 saturated carbocycles. The average molecular weight is 342 g/mol. The molecular formula is C18H18N2O3S. The number of fused-ring (bicyclic) bond motifs is 1. The molecular weight excluding hydrogens is 324 g/mol. The van der Waals surface area contributed by atoms with Gasteiger partial charge in [-0.3, -0.25) is 4.79 Å². The largest absolute Gasteiger partial charge is 0.494 e. The number of hydrogen-bond acceptors (Lipinski definition) is 5. The van der Waals surface area contributed by atoms with Crippen molar-refractivity contribution in [1.82, 2.24) is 10.3 Å². The summed E-state index contributed by atoms with van der Waals surface area (Å²) in [7, 11) is 0. The summed E-state index contributed by atoms with van der Waals surface area (Å²) in [6, 6.07) is 15.1. The molecule has 0 aliphatic carbocycles. The zero-order valence-electron chi connectivity index (χ0n) is 13.3. The zero-order chi connectivity index (χ0) is 16.8. The van der Waals surface area contributed by atoms with E-state index in [1.807, 2.05) is 43.3 Å². The van der Waals surface area contributed by atoms with Crippen LogP contribution in [-0.4, -0.2) is 24.1 Å². The Kier molecular flexibility index (Phi) is 5.28. The summed E-state index contributed by atoms with van der Waals surface area (Å²) in [6.07, 6.45) is 0. The van der Waals surface area contributed by atoms with E-state index in [4.69, 9.17) is 9.47 Å². The number of carbonyl (C=O) groups excluding carboxylic acids is 1. The zero-order valence-corrected chi connectivity index (χ0v) is 14.1. The predicted octanol–water partition coefficient (Wildman–Crippen LogP) is 3.39. The standard InChI is InChI=1S/C18H18N2O3S/c1-2-22-13-7-9-14(10-8-13)23-12-17(21)19-11-18-20-15-5-3-4-6-16(15)24-18/h3-10H,2,11-12H2,1H3,(H,19,21). The van der Waals surface area contributed by atoms with Gasteiger partial charge in [-0.2, -0.15) is 0 Å². The lowest BCUT2D eigenvalue weighted by Gasteiger charge is -2.07. The molecule has 0 spiro atoms. The summed E-state index contributed by atoms with van der Waals surface area (Å²) in [5.41, 5.74) is 0.956. The van der Waals surface area contributed by atoms with E-state index >= 15 is 0 Å². The second-order valence-electron chi connectivity index (χ2n) is 5.05. The maximum Gasteiger partial charge on any atom is 0.258 e. The summed E-state index contributed by atoms with van der Waals surface area (Å²) in [5, 5.41) is 3.70. The molecule has 1 N–H and O–H groups in total. The predicted molar refractivity (Wildman–Crippen MR) is 94.6 cm³/mol. The maximum absolute atomic E-state index is 11.9. The monoisotopic (exact) mass is 342 g/mol. The quantitative estimate of drug-likeness (QED) is 0.715. The number of nitrogens with one attached hydrogen (secondary N) is 1. The fourth-order valence-electron chi connectivity index (χ4n) is 2.17. The van der Waals surface area contributed by atoms with E-state index in [0.29, 0.717) is 18.9 Å². The molecule has 3 rings (SSSR count). The molecule has 2 aromatic carbocycles. The topological polar surface area (TPSA) is 60.5 Å². The highest BCUT2D eigenvalue weighted by atomic mass is 32.1. The summed E-state index contributed by atoms with van der Waals surface area (Å²) >= 11 is 1.58. The number of carbonyl (C=O) groups is 1. The second kappa shape index (κ2) is 7.79. The number of rotatable bonds is 7. The summed E-state index contributed by atoms with van der Waals surface area (Å²) in [4.78, 5) is 16.4. The van der Waals surface area contributed by atoms with Gasteiger partial charge in [-0.15, -0.1) is 11.3 Å². The van der Waals surface area contributed by atoms with E-state index < -0.39 is 0 Å². The van der Waals surface area contributed by atoms with E-state index in [2.05, 4.69) is 10.3 Å². The molecule has 1 aromatic heterocycles. The molecule has 1 amide bonds. The van der Waals surface area contributed by atoms with Crippen LogP contribution in [0.2, 0.25) is 0 Å². The van der Waals surface area contributed by atoms with Crippen molar-refractivity contribution in [3.8, 4) is 11.5 Å². The molecule has 1 heterocycles. The molecule has 24 heavy (non-hydrogen) atoms. The van der Waals surface area contributed by atoms with E-state index in [1.165, 1.54) is 0 Å². The van der Waals surface area contributed by atoms with Crippen LogP contribution in [0.15, 0.2) is 48.5 Å². The molecule has 0 atom stereocenters. The lowest BCUT2D eigenvalue weighted by Crippen LogP contribution is -2.28. The molecule has 6 heteroatoms. The van der Waals surface area contributed by atoms with Crippen molar-refractivity contribution >= 4 is 27.5 Å². The Hall–Kier alpha value is -2.60. The first-order valence-electron chi connectivity index (χ1n) is 7.71. The highest BCUT2D eigenvalue weighted by Gasteiger charge is 2.06. The minimum absolute atomic E-state index is 0.0289. The highest BCUT2D eigenvalue weighted by Crippen LogP contribution is 2.21. The summed E-state index contributed by atoms with van der Waals surface area (Å²) < 4.78 is 11.9. The Morgan fingerprint density at radius 2 is 1.79 bits per heavy atom. The van der Waals surface area contributed by atoms with Crippen LogP contribution in [0.4, 0.5) is 0 Å². The minimum Gasteiger partial charge on any atom is -0.494 e. The van der Waals surface area contributed by atoms with Crippen molar-refractivity contribution in [1.29, 1.82) is 0 Å². The van der Waals surface area contributed by atoms with Crippen molar-refractivity contribution in [3.63, 3.8) is 0 Å². The van der Waals surface area contributed by atoms with Gasteiger partial charge in [0.1, 0.15) is 16.5 Å². The number of benzene rings is 2. The van der Waals surface area contributed by atoms with Gasteiger partial charge in [0.25, 0.3) is 5.91 Å². The van der Waals surface area contributed by atoms with Crippen molar-refractivity contribution in [2.75, 3.05) is 13.2 Å². The first-order chi connectivity index (χ1) is 11.7. The second-order valence-corrected chi connectivity index (χ2v) is 6.16. The van der Waals surface area contributed by atoms with Gasteiger partial charge in [-0.25, -0.2) is 4.98 Å². The number of nitrogens with zero attached hydrogens (tertiary/aromatic N) is 1. The van der Waals surface area contributed by atoms with Crippen LogP contribution >= 0.6 is 11.3 Å². The van der Waals surface area contributed by atoms with Gasteiger partial charge in [0.2, 0.25) is 0 Å². The van der Waals surface area contributed by atoms with E-state index in [0.717, 1.165) is 21.0 Å². The summed E-state index contributed by atoms with van der Waals surface area (Å²) in [6.45, 7) is 2.93. The first kappa shape index (κ1) is 16.3. The number of hydrogen-bond donors (Lipinski definition) is 1. The number of amides is 1. The smallest absolute Gasteiger partial charge is 0.258 e. The van der Waals surface area contributed by atoms with Crippen molar-refractivity contribution < 1.29 is 14.3 Å². The van der Waals surface area contributed by atoms with Crippen LogP contribution in [0.25, 0.3) is 10.2 Å². The van der Waals surface area contributed by atoms with Gasteiger partial charge in [-0.05, 0) is 43.3 Å². The Balaban J connectivity index is 1.47. The SMILES string of the molecule is CCOc1ccc(OCC(=O)NCc2nc3ccccc3s2)cc1. The fraction of sp³-hybridized carbons (Fsp3) is 0.222. The van der Waals surface area contributed by atoms with Crippen molar-refractivity contribution in [2.24, 2.45) is 0 Å². The van der Waals surface area contributed by atoms with Gasteiger partial charge >= 0.3 is 0 Å². The number of para-hydroxylation sites is 1.